The summed E-state index contributed by atoms with van der Waals surface area (Å²) in [6.45, 7) is 3.50. The van der Waals surface area contributed by atoms with Crippen LogP contribution in [0.2, 0.25) is 0 Å². The lowest BCUT2D eigenvalue weighted by Crippen LogP contribution is -2.37. The number of nitrogens with zero attached hydrogens (tertiary/aromatic N) is 3. The van der Waals surface area contributed by atoms with E-state index in [1.165, 1.54) is 0 Å². The number of rotatable bonds is 6. The highest BCUT2D eigenvalue weighted by molar-refractivity contribution is 5.18. The molecule has 0 aromatic carbocycles. The van der Waals surface area contributed by atoms with Crippen molar-refractivity contribution in [2.45, 2.75) is 58.2 Å². The lowest BCUT2D eigenvalue weighted by atomic mass is 10.1. The van der Waals surface area contributed by atoms with E-state index in [1.807, 2.05) is 6.92 Å². The average Bonchev–Trinajstić information content (AvgIpc) is 2.69. The van der Waals surface area contributed by atoms with Gasteiger partial charge in [-0.3, -0.25) is 0 Å². The summed E-state index contributed by atoms with van der Waals surface area (Å²) in [6, 6.07) is 0. The summed E-state index contributed by atoms with van der Waals surface area (Å²) >= 11 is 0. The highest BCUT2D eigenvalue weighted by Gasteiger charge is 2.61. The Balaban J connectivity index is 3.23. The largest absolute Gasteiger partial charge is 0.459 e. The van der Waals surface area contributed by atoms with Crippen LogP contribution in [0.15, 0.2) is 0 Å². The minimum absolute atomic E-state index is 0.00815. The SMILES string of the molecule is CCCCn1nnc(CCC)c1C(F)(F)C(F)(F)F. The van der Waals surface area contributed by atoms with Crippen LogP contribution in [0.25, 0.3) is 0 Å². The molecule has 0 fully saturated rings. The Morgan fingerprint density at radius 1 is 1.05 bits per heavy atom. The number of alkyl halides is 5. The van der Waals surface area contributed by atoms with Gasteiger partial charge >= 0.3 is 12.1 Å². The van der Waals surface area contributed by atoms with Gasteiger partial charge in [-0.1, -0.05) is 31.9 Å². The number of hydrogen-bond donors (Lipinski definition) is 0. The van der Waals surface area contributed by atoms with Gasteiger partial charge in [0.05, 0.1) is 5.69 Å². The summed E-state index contributed by atoms with van der Waals surface area (Å²) < 4.78 is 65.3. The van der Waals surface area contributed by atoms with Crippen molar-refractivity contribution in [3.63, 3.8) is 0 Å². The molecule has 1 aromatic rings. The van der Waals surface area contributed by atoms with Gasteiger partial charge in [-0.05, 0) is 12.8 Å². The van der Waals surface area contributed by atoms with Gasteiger partial charge in [-0.25, -0.2) is 4.68 Å². The number of aromatic nitrogens is 3. The maximum atomic E-state index is 13.5. The number of hydrogen-bond acceptors (Lipinski definition) is 2. The van der Waals surface area contributed by atoms with Gasteiger partial charge in [0.15, 0.2) is 0 Å². The molecule has 0 saturated heterocycles. The zero-order valence-electron chi connectivity index (χ0n) is 10.8. The molecule has 0 aliphatic carbocycles. The van der Waals surface area contributed by atoms with Gasteiger partial charge in [-0.15, -0.1) is 5.10 Å². The van der Waals surface area contributed by atoms with Crippen LogP contribution < -0.4 is 0 Å². The molecule has 0 aliphatic heterocycles. The molecule has 1 rings (SSSR count). The summed E-state index contributed by atoms with van der Waals surface area (Å²) in [5, 5.41) is 6.91. The topological polar surface area (TPSA) is 30.7 Å². The Morgan fingerprint density at radius 3 is 2.16 bits per heavy atom. The minimum atomic E-state index is -5.64. The van der Waals surface area contributed by atoms with Crippen molar-refractivity contribution in [2.75, 3.05) is 0 Å². The van der Waals surface area contributed by atoms with Crippen molar-refractivity contribution in [2.24, 2.45) is 0 Å². The third kappa shape index (κ3) is 3.22. The standard InChI is InChI=1S/C11H16F5N3/c1-3-5-7-19-9(8(6-4-2)17-18-19)10(12,13)11(14,15)16/h3-7H2,1-2H3. The van der Waals surface area contributed by atoms with Gasteiger partial charge < -0.3 is 0 Å². The molecule has 0 unspecified atom stereocenters. The molecule has 0 spiro atoms. The van der Waals surface area contributed by atoms with E-state index in [9.17, 15) is 22.0 Å². The summed E-state index contributed by atoms with van der Waals surface area (Å²) in [4.78, 5) is 0. The van der Waals surface area contributed by atoms with Crippen molar-refractivity contribution in [1.29, 1.82) is 0 Å². The number of unbranched alkanes of at least 4 members (excludes halogenated alkanes) is 1. The van der Waals surface area contributed by atoms with E-state index in [1.54, 1.807) is 6.92 Å². The van der Waals surface area contributed by atoms with E-state index in [4.69, 9.17) is 0 Å². The Morgan fingerprint density at radius 2 is 1.68 bits per heavy atom. The summed E-state index contributed by atoms with van der Waals surface area (Å²) in [6.07, 6.45) is -4.03. The minimum Gasteiger partial charge on any atom is -0.243 e. The van der Waals surface area contributed by atoms with Crippen LogP contribution in [0.3, 0.4) is 0 Å². The van der Waals surface area contributed by atoms with Gasteiger partial charge in [0.1, 0.15) is 5.69 Å². The Labute approximate surface area is 107 Å². The molecule has 19 heavy (non-hydrogen) atoms. The van der Waals surface area contributed by atoms with E-state index in [0.29, 0.717) is 23.9 Å². The zero-order valence-corrected chi connectivity index (χ0v) is 10.8. The second kappa shape index (κ2) is 5.83. The van der Waals surface area contributed by atoms with Gasteiger partial charge in [0.2, 0.25) is 0 Å². The maximum absolute atomic E-state index is 13.5. The Hall–Kier alpha value is -1.21. The van der Waals surface area contributed by atoms with Crippen molar-refractivity contribution < 1.29 is 22.0 Å². The smallest absolute Gasteiger partial charge is 0.243 e. The summed E-state index contributed by atoms with van der Waals surface area (Å²) in [7, 11) is 0. The second-order valence-electron chi connectivity index (χ2n) is 4.28. The summed E-state index contributed by atoms with van der Waals surface area (Å²) in [5.41, 5.74) is -1.39. The average molecular weight is 285 g/mol. The normalized spacial score (nSPS) is 13.0. The van der Waals surface area contributed by atoms with Gasteiger partial charge in [-0.2, -0.15) is 22.0 Å². The molecule has 3 nitrogen and oxygen atoms in total. The molecule has 8 heteroatoms. The molecule has 0 saturated carbocycles. The molecule has 0 radical (unpaired) electrons. The lowest BCUT2D eigenvalue weighted by Gasteiger charge is -2.21. The molecule has 0 bridgehead atoms. The number of aryl methyl sites for hydroxylation is 2. The molecular weight excluding hydrogens is 269 g/mol. The van der Waals surface area contributed by atoms with Crippen molar-refractivity contribution >= 4 is 0 Å². The predicted molar refractivity (Wildman–Crippen MR) is 58.9 cm³/mol. The van der Waals surface area contributed by atoms with E-state index in [0.717, 1.165) is 0 Å². The molecule has 0 amide bonds. The molecule has 1 heterocycles. The highest BCUT2D eigenvalue weighted by atomic mass is 19.4. The van der Waals surface area contributed by atoms with Crippen LogP contribution in [-0.4, -0.2) is 21.2 Å². The molecule has 0 N–H and O–H groups in total. The molecule has 0 atom stereocenters. The van der Waals surface area contributed by atoms with E-state index in [2.05, 4.69) is 10.3 Å². The Kier molecular flexibility index (Phi) is 4.86. The maximum Gasteiger partial charge on any atom is 0.459 e. The fraction of sp³-hybridized carbons (Fsp3) is 0.818. The fourth-order valence-electron chi connectivity index (χ4n) is 1.70. The van der Waals surface area contributed by atoms with E-state index in [-0.39, 0.29) is 18.7 Å². The first-order chi connectivity index (χ1) is 8.75. The highest BCUT2D eigenvalue weighted by Crippen LogP contribution is 2.44. The van der Waals surface area contributed by atoms with Crippen LogP contribution in [0.5, 0.6) is 0 Å². The fourth-order valence-corrected chi connectivity index (χ4v) is 1.70. The van der Waals surface area contributed by atoms with E-state index < -0.39 is 17.8 Å². The molecule has 0 aliphatic rings. The molecular formula is C11H16F5N3. The van der Waals surface area contributed by atoms with Crippen LogP contribution in [0.1, 0.15) is 44.5 Å². The van der Waals surface area contributed by atoms with E-state index >= 15 is 0 Å². The van der Waals surface area contributed by atoms with Crippen LogP contribution >= 0.6 is 0 Å². The monoisotopic (exact) mass is 285 g/mol. The summed E-state index contributed by atoms with van der Waals surface area (Å²) in [5.74, 6) is -4.92. The first-order valence-corrected chi connectivity index (χ1v) is 6.13. The quantitative estimate of drug-likeness (QED) is 0.746. The first kappa shape index (κ1) is 15.8. The van der Waals surface area contributed by atoms with Crippen LogP contribution in [0, 0.1) is 0 Å². The molecule has 1 aromatic heterocycles. The lowest BCUT2D eigenvalue weighted by molar-refractivity contribution is -0.292. The van der Waals surface area contributed by atoms with Gasteiger partial charge in [0, 0.05) is 6.54 Å². The van der Waals surface area contributed by atoms with Gasteiger partial charge in [0.25, 0.3) is 0 Å². The molecule has 110 valence electrons. The van der Waals surface area contributed by atoms with Crippen LogP contribution in [-0.2, 0) is 18.9 Å². The van der Waals surface area contributed by atoms with Crippen molar-refractivity contribution in [1.82, 2.24) is 15.0 Å². The van der Waals surface area contributed by atoms with Crippen molar-refractivity contribution in [3.8, 4) is 0 Å². The zero-order chi connectivity index (χ0) is 14.7. The second-order valence-corrected chi connectivity index (χ2v) is 4.28. The predicted octanol–water partition coefficient (Wildman–Crippen LogP) is 3.68. The van der Waals surface area contributed by atoms with Crippen molar-refractivity contribution in [3.05, 3.63) is 11.4 Å². The first-order valence-electron chi connectivity index (χ1n) is 6.13. The third-order valence-electron chi connectivity index (χ3n) is 2.67. The Bertz CT molecular complexity index is 411. The third-order valence-corrected chi connectivity index (χ3v) is 2.67. The number of halogens is 5. The van der Waals surface area contributed by atoms with Crippen LogP contribution in [0.4, 0.5) is 22.0 Å².